The number of aromatic hydroxyl groups is 1. The molecule has 1 aromatic carbocycles. The molecule has 0 unspecified atom stereocenters. The second kappa shape index (κ2) is 7.43. The van der Waals surface area contributed by atoms with E-state index in [-0.39, 0.29) is 17.7 Å². The van der Waals surface area contributed by atoms with Crippen LogP contribution in [0.5, 0.6) is 11.5 Å². The van der Waals surface area contributed by atoms with E-state index < -0.39 is 0 Å². The quantitative estimate of drug-likeness (QED) is 0.710. The zero-order valence-corrected chi connectivity index (χ0v) is 15.1. The number of amides is 1. The zero-order valence-electron chi connectivity index (χ0n) is 15.1. The van der Waals surface area contributed by atoms with E-state index in [2.05, 4.69) is 15.4 Å². The number of fused-ring (bicyclic) bond motifs is 1. The molecule has 3 aromatic rings. The highest BCUT2D eigenvalue weighted by Gasteiger charge is 2.19. The molecule has 2 aromatic heterocycles. The maximum absolute atomic E-state index is 12.6. The van der Waals surface area contributed by atoms with Crippen molar-refractivity contribution in [2.45, 2.75) is 25.8 Å². The lowest BCUT2D eigenvalue weighted by atomic mass is 10.1. The number of rotatable bonds is 6. The van der Waals surface area contributed by atoms with Crippen molar-refractivity contribution < 1.29 is 14.6 Å². The van der Waals surface area contributed by atoms with Gasteiger partial charge in [-0.05, 0) is 37.5 Å². The standard InChI is InChI=1S/C19H22N4O3/c1-12(4-5-13-6-8-14(24)9-7-13)22-19(25)16-10-20-18-15(17(16)26-3)11-21-23(18)2/h6-12,24H,4-5H2,1-3H3,(H,22,25)/t12-/m1/s1. The maximum atomic E-state index is 12.6. The van der Waals surface area contributed by atoms with Crippen molar-refractivity contribution in [2.24, 2.45) is 7.05 Å². The van der Waals surface area contributed by atoms with Gasteiger partial charge in [0.05, 0.1) is 18.7 Å². The van der Waals surface area contributed by atoms with Crippen LogP contribution in [0.4, 0.5) is 0 Å². The molecule has 7 nitrogen and oxygen atoms in total. The lowest BCUT2D eigenvalue weighted by Crippen LogP contribution is -2.33. The normalized spacial score (nSPS) is 12.1. The summed E-state index contributed by atoms with van der Waals surface area (Å²) in [6.45, 7) is 1.96. The minimum Gasteiger partial charge on any atom is -0.508 e. The van der Waals surface area contributed by atoms with Crippen molar-refractivity contribution in [1.29, 1.82) is 0 Å². The van der Waals surface area contributed by atoms with Gasteiger partial charge >= 0.3 is 0 Å². The molecule has 26 heavy (non-hydrogen) atoms. The van der Waals surface area contributed by atoms with Crippen LogP contribution in [0.1, 0.15) is 29.3 Å². The number of carbonyl (C=O) groups excluding carboxylic acids is 1. The molecule has 1 atom stereocenters. The van der Waals surface area contributed by atoms with Gasteiger partial charge in [-0.15, -0.1) is 0 Å². The van der Waals surface area contributed by atoms with E-state index in [1.807, 2.05) is 19.1 Å². The number of phenols is 1. The maximum Gasteiger partial charge on any atom is 0.256 e. The van der Waals surface area contributed by atoms with Crippen LogP contribution in [0.15, 0.2) is 36.7 Å². The Kier molecular flexibility index (Phi) is 5.06. The number of ether oxygens (including phenoxy) is 1. The van der Waals surface area contributed by atoms with Crippen LogP contribution >= 0.6 is 0 Å². The first-order valence-corrected chi connectivity index (χ1v) is 8.43. The number of pyridine rings is 1. The van der Waals surface area contributed by atoms with Crippen LogP contribution in [0.25, 0.3) is 11.0 Å². The Balaban J connectivity index is 1.69. The van der Waals surface area contributed by atoms with Gasteiger partial charge in [0.2, 0.25) is 0 Å². The first kappa shape index (κ1) is 17.7. The Morgan fingerprint density at radius 2 is 2.04 bits per heavy atom. The summed E-state index contributed by atoms with van der Waals surface area (Å²) < 4.78 is 7.08. The van der Waals surface area contributed by atoms with Crippen LogP contribution < -0.4 is 10.1 Å². The predicted octanol–water partition coefficient (Wildman–Crippen LogP) is 2.43. The average Bonchev–Trinajstić information content (AvgIpc) is 3.01. The fourth-order valence-electron chi connectivity index (χ4n) is 2.87. The summed E-state index contributed by atoms with van der Waals surface area (Å²) in [6, 6.07) is 7.07. The molecular formula is C19H22N4O3. The highest BCUT2D eigenvalue weighted by atomic mass is 16.5. The SMILES string of the molecule is COc1c(C(=O)N[C@H](C)CCc2ccc(O)cc2)cnc2c1cnn2C. The molecule has 2 N–H and O–H groups in total. The van der Waals surface area contributed by atoms with Crippen molar-refractivity contribution in [3.05, 3.63) is 47.8 Å². The lowest BCUT2D eigenvalue weighted by molar-refractivity contribution is 0.0935. The summed E-state index contributed by atoms with van der Waals surface area (Å²) in [5.74, 6) is 0.505. The van der Waals surface area contributed by atoms with Gasteiger partial charge in [0, 0.05) is 19.3 Å². The third-order valence-corrected chi connectivity index (χ3v) is 4.34. The van der Waals surface area contributed by atoms with Crippen molar-refractivity contribution in [1.82, 2.24) is 20.1 Å². The molecule has 1 amide bonds. The summed E-state index contributed by atoms with van der Waals surface area (Å²) in [5.41, 5.74) is 2.17. The van der Waals surface area contributed by atoms with E-state index in [4.69, 9.17) is 4.74 Å². The number of hydrogen-bond acceptors (Lipinski definition) is 5. The van der Waals surface area contributed by atoms with Crippen LogP contribution in [-0.4, -0.2) is 38.9 Å². The van der Waals surface area contributed by atoms with Crippen LogP contribution in [0.2, 0.25) is 0 Å². The summed E-state index contributed by atoms with van der Waals surface area (Å²) in [4.78, 5) is 17.0. The van der Waals surface area contributed by atoms with Gasteiger partial charge in [-0.25, -0.2) is 4.98 Å². The Labute approximate surface area is 151 Å². The molecule has 0 saturated heterocycles. The number of hydrogen-bond donors (Lipinski definition) is 2. The number of methoxy groups -OCH3 is 1. The number of aryl methyl sites for hydroxylation is 2. The smallest absolute Gasteiger partial charge is 0.256 e. The number of phenolic OH excluding ortho intramolecular Hbond substituents is 1. The van der Waals surface area contributed by atoms with E-state index in [1.165, 1.54) is 13.3 Å². The Hall–Kier alpha value is -3.09. The molecule has 0 saturated carbocycles. The molecule has 0 aliphatic heterocycles. The number of nitrogens with zero attached hydrogens (tertiary/aromatic N) is 3. The van der Waals surface area contributed by atoms with Crippen molar-refractivity contribution >= 4 is 16.9 Å². The van der Waals surface area contributed by atoms with E-state index in [0.29, 0.717) is 22.3 Å². The van der Waals surface area contributed by atoms with Crippen molar-refractivity contribution in [3.63, 3.8) is 0 Å². The second-order valence-corrected chi connectivity index (χ2v) is 6.29. The molecule has 0 radical (unpaired) electrons. The minimum atomic E-state index is -0.224. The second-order valence-electron chi connectivity index (χ2n) is 6.29. The zero-order chi connectivity index (χ0) is 18.7. The van der Waals surface area contributed by atoms with Gasteiger partial charge in [-0.2, -0.15) is 5.10 Å². The fourth-order valence-corrected chi connectivity index (χ4v) is 2.87. The lowest BCUT2D eigenvalue weighted by Gasteiger charge is -2.15. The number of carbonyl (C=O) groups is 1. The molecule has 3 rings (SSSR count). The molecule has 2 heterocycles. The van der Waals surface area contributed by atoms with E-state index in [1.54, 1.807) is 30.1 Å². The predicted molar refractivity (Wildman–Crippen MR) is 98.4 cm³/mol. The van der Waals surface area contributed by atoms with E-state index >= 15 is 0 Å². The Morgan fingerprint density at radius 1 is 1.31 bits per heavy atom. The molecule has 7 heteroatoms. The van der Waals surface area contributed by atoms with E-state index in [9.17, 15) is 9.90 Å². The number of aromatic nitrogens is 3. The van der Waals surface area contributed by atoms with Crippen LogP contribution in [0, 0.1) is 0 Å². The molecule has 0 fully saturated rings. The van der Waals surface area contributed by atoms with Crippen molar-refractivity contribution in [2.75, 3.05) is 7.11 Å². The van der Waals surface area contributed by atoms with Gasteiger partial charge in [-0.3, -0.25) is 9.48 Å². The highest BCUT2D eigenvalue weighted by molar-refractivity contribution is 6.01. The van der Waals surface area contributed by atoms with Gasteiger partial charge in [0.25, 0.3) is 5.91 Å². The third-order valence-electron chi connectivity index (χ3n) is 4.34. The number of benzene rings is 1. The summed E-state index contributed by atoms with van der Waals surface area (Å²) in [5, 5.41) is 17.2. The summed E-state index contributed by atoms with van der Waals surface area (Å²) >= 11 is 0. The Bertz CT molecular complexity index is 918. The first-order valence-electron chi connectivity index (χ1n) is 8.43. The molecule has 0 aliphatic carbocycles. The van der Waals surface area contributed by atoms with E-state index in [0.717, 1.165) is 18.4 Å². The summed E-state index contributed by atoms with van der Waals surface area (Å²) in [6.07, 6.45) is 4.75. The molecule has 0 spiro atoms. The number of nitrogens with one attached hydrogen (secondary N) is 1. The molecular weight excluding hydrogens is 332 g/mol. The van der Waals surface area contributed by atoms with Crippen LogP contribution in [-0.2, 0) is 13.5 Å². The van der Waals surface area contributed by atoms with Crippen molar-refractivity contribution in [3.8, 4) is 11.5 Å². The minimum absolute atomic E-state index is 0.0226. The van der Waals surface area contributed by atoms with Gasteiger partial charge in [0.1, 0.15) is 17.1 Å². The monoisotopic (exact) mass is 354 g/mol. The van der Waals surface area contributed by atoms with Gasteiger partial charge in [0.15, 0.2) is 5.65 Å². The molecule has 0 bridgehead atoms. The molecule has 136 valence electrons. The Morgan fingerprint density at radius 3 is 2.73 bits per heavy atom. The first-order chi connectivity index (χ1) is 12.5. The highest BCUT2D eigenvalue weighted by Crippen LogP contribution is 2.27. The van der Waals surface area contributed by atoms with Gasteiger partial charge < -0.3 is 15.2 Å². The topological polar surface area (TPSA) is 89.3 Å². The van der Waals surface area contributed by atoms with Crippen LogP contribution in [0.3, 0.4) is 0 Å². The van der Waals surface area contributed by atoms with Gasteiger partial charge in [-0.1, -0.05) is 12.1 Å². The molecule has 0 aliphatic rings. The largest absolute Gasteiger partial charge is 0.508 e. The fraction of sp³-hybridized carbons (Fsp3) is 0.316. The summed E-state index contributed by atoms with van der Waals surface area (Å²) in [7, 11) is 3.33. The average molecular weight is 354 g/mol. The third kappa shape index (κ3) is 3.61.